The van der Waals surface area contributed by atoms with Gasteiger partial charge < -0.3 is 24.6 Å². The van der Waals surface area contributed by atoms with Crippen molar-refractivity contribution >= 4 is 17.6 Å². The molecule has 0 saturated carbocycles. The van der Waals surface area contributed by atoms with Gasteiger partial charge in [-0.1, -0.05) is 12.1 Å². The van der Waals surface area contributed by atoms with Gasteiger partial charge >= 0.3 is 11.9 Å². The molecule has 0 aliphatic carbocycles. The van der Waals surface area contributed by atoms with E-state index >= 15 is 0 Å². The number of benzene rings is 2. The standard InChI is InChI=1S/C22H30N2O2.C2H2O4/c1-5-24(6-2)20-9-7-17(8-10-20)15-23-12-11-18-13-21(25-3)22(26-4)14-19(18)16-23;3-1(4)2(5)6/h7-10,13-14H,5-6,11-12,15-16H2,1-4H3;(H,3,4)(H,5,6). The molecule has 0 bridgehead atoms. The number of fused-ring (bicyclic) bond motifs is 1. The van der Waals surface area contributed by atoms with Gasteiger partial charge in [0.25, 0.3) is 0 Å². The molecule has 1 aliphatic rings. The zero-order valence-electron chi connectivity index (χ0n) is 19.1. The van der Waals surface area contributed by atoms with Gasteiger partial charge in [-0.2, -0.15) is 0 Å². The number of ether oxygens (including phenoxy) is 2. The Kier molecular flexibility index (Phi) is 9.34. The van der Waals surface area contributed by atoms with Crippen molar-refractivity contribution in [3.8, 4) is 11.5 Å². The second-order valence-corrected chi connectivity index (χ2v) is 7.39. The van der Waals surface area contributed by atoms with E-state index in [1.165, 1.54) is 22.4 Å². The predicted octanol–water partition coefficient (Wildman–Crippen LogP) is 3.26. The predicted molar refractivity (Wildman–Crippen MR) is 123 cm³/mol. The summed E-state index contributed by atoms with van der Waals surface area (Å²) in [5, 5.41) is 14.8. The highest BCUT2D eigenvalue weighted by atomic mass is 16.5. The Balaban J connectivity index is 0.000000534. The highest BCUT2D eigenvalue weighted by Crippen LogP contribution is 2.33. The van der Waals surface area contributed by atoms with E-state index in [2.05, 4.69) is 60.0 Å². The lowest BCUT2D eigenvalue weighted by Crippen LogP contribution is -2.30. The second kappa shape index (κ2) is 12.0. The molecule has 0 unspecified atom stereocenters. The van der Waals surface area contributed by atoms with Gasteiger partial charge in [-0.3, -0.25) is 4.90 Å². The first-order valence-corrected chi connectivity index (χ1v) is 10.6. The average Bonchev–Trinajstić information content (AvgIpc) is 2.80. The third-order valence-electron chi connectivity index (χ3n) is 5.45. The minimum absolute atomic E-state index is 0.816. The summed E-state index contributed by atoms with van der Waals surface area (Å²) in [5.41, 5.74) is 5.38. The number of carbonyl (C=O) groups is 2. The summed E-state index contributed by atoms with van der Waals surface area (Å²) in [6.45, 7) is 9.49. The molecule has 8 nitrogen and oxygen atoms in total. The molecule has 0 atom stereocenters. The zero-order chi connectivity index (χ0) is 23.7. The molecule has 0 spiro atoms. The van der Waals surface area contributed by atoms with Gasteiger partial charge in [-0.05, 0) is 61.2 Å². The first kappa shape index (κ1) is 25.0. The van der Waals surface area contributed by atoms with Gasteiger partial charge in [-0.25, -0.2) is 9.59 Å². The molecule has 0 fully saturated rings. The third-order valence-corrected chi connectivity index (χ3v) is 5.45. The van der Waals surface area contributed by atoms with Crippen LogP contribution < -0.4 is 14.4 Å². The van der Waals surface area contributed by atoms with E-state index in [-0.39, 0.29) is 0 Å². The van der Waals surface area contributed by atoms with Crippen molar-refractivity contribution in [3.05, 3.63) is 53.1 Å². The van der Waals surface area contributed by atoms with Crippen LogP contribution in [0.2, 0.25) is 0 Å². The molecule has 0 saturated heterocycles. The highest BCUT2D eigenvalue weighted by molar-refractivity contribution is 6.27. The van der Waals surface area contributed by atoms with Crippen molar-refractivity contribution in [2.45, 2.75) is 33.4 Å². The van der Waals surface area contributed by atoms with Crippen LogP contribution in [0.15, 0.2) is 36.4 Å². The smallest absolute Gasteiger partial charge is 0.414 e. The molecular weight excluding hydrogens is 412 g/mol. The molecule has 2 N–H and O–H groups in total. The summed E-state index contributed by atoms with van der Waals surface area (Å²) >= 11 is 0. The number of hydrogen-bond donors (Lipinski definition) is 2. The van der Waals surface area contributed by atoms with Crippen LogP contribution in [0.3, 0.4) is 0 Å². The van der Waals surface area contributed by atoms with Crippen molar-refractivity contribution in [2.75, 3.05) is 38.8 Å². The Labute approximate surface area is 189 Å². The summed E-state index contributed by atoms with van der Waals surface area (Å²) in [6.07, 6.45) is 1.05. The maximum absolute atomic E-state index is 9.10. The Morgan fingerprint density at radius 1 is 0.938 bits per heavy atom. The highest BCUT2D eigenvalue weighted by Gasteiger charge is 2.19. The number of carboxylic acids is 2. The number of nitrogens with zero attached hydrogens (tertiary/aromatic N) is 2. The summed E-state index contributed by atoms with van der Waals surface area (Å²) < 4.78 is 10.9. The molecule has 2 aromatic carbocycles. The van der Waals surface area contributed by atoms with Crippen LogP contribution >= 0.6 is 0 Å². The lowest BCUT2D eigenvalue weighted by Gasteiger charge is -2.29. The quantitative estimate of drug-likeness (QED) is 0.628. The Hall–Kier alpha value is -3.26. The van der Waals surface area contributed by atoms with Gasteiger partial charge in [0.05, 0.1) is 14.2 Å². The van der Waals surface area contributed by atoms with Crippen LogP contribution in [0, 0.1) is 0 Å². The van der Waals surface area contributed by atoms with Gasteiger partial charge in [0.2, 0.25) is 0 Å². The fourth-order valence-electron chi connectivity index (χ4n) is 3.74. The summed E-state index contributed by atoms with van der Waals surface area (Å²) in [5.74, 6) is -2.01. The molecule has 1 aliphatic heterocycles. The van der Waals surface area contributed by atoms with Crippen molar-refractivity contribution in [2.24, 2.45) is 0 Å². The minimum Gasteiger partial charge on any atom is -0.493 e. The Morgan fingerprint density at radius 2 is 1.47 bits per heavy atom. The van der Waals surface area contributed by atoms with Crippen LogP contribution in [0.5, 0.6) is 11.5 Å². The number of carboxylic acid groups (broad SMARTS) is 2. The van der Waals surface area contributed by atoms with Gasteiger partial charge in [0, 0.05) is 38.4 Å². The van der Waals surface area contributed by atoms with Crippen molar-refractivity contribution < 1.29 is 29.3 Å². The maximum Gasteiger partial charge on any atom is 0.414 e. The first-order valence-electron chi connectivity index (χ1n) is 10.6. The van der Waals surface area contributed by atoms with Crippen LogP contribution in [0.25, 0.3) is 0 Å². The fraction of sp³-hybridized carbons (Fsp3) is 0.417. The summed E-state index contributed by atoms with van der Waals surface area (Å²) in [6, 6.07) is 13.3. The number of aliphatic carboxylic acids is 2. The summed E-state index contributed by atoms with van der Waals surface area (Å²) in [7, 11) is 3.39. The van der Waals surface area contributed by atoms with E-state index < -0.39 is 11.9 Å². The normalized spacial score (nSPS) is 12.8. The van der Waals surface area contributed by atoms with E-state index in [0.29, 0.717) is 0 Å². The lowest BCUT2D eigenvalue weighted by atomic mass is 9.98. The van der Waals surface area contributed by atoms with Crippen molar-refractivity contribution in [1.29, 1.82) is 0 Å². The van der Waals surface area contributed by atoms with Gasteiger partial charge in [-0.15, -0.1) is 0 Å². The van der Waals surface area contributed by atoms with Crippen LogP contribution in [-0.2, 0) is 29.1 Å². The molecule has 174 valence electrons. The second-order valence-electron chi connectivity index (χ2n) is 7.39. The first-order chi connectivity index (χ1) is 15.3. The van der Waals surface area contributed by atoms with E-state index in [9.17, 15) is 0 Å². The Morgan fingerprint density at radius 3 is 1.94 bits per heavy atom. The molecule has 8 heteroatoms. The number of rotatable bonds is 7. The SMILES string of the molecule is CCN(CC)c1ccc(CN2CCc3cc(OC)c(OC)cc3C2)cc1.O=C(O)C(=O)O. The van der Waals surface area contributed by atoms with Crippen LogP contribution in [0.4, 0.5) is 5.69 Å². The molecule has 32 heavy (non-hydrogen) atoms. The van der Waals surface area contributed by atoms with E-state index in [1.54, 1.807) is 14.2 Å². The summed E-state index contributed by atoms with van der Waals surface area (Å²) in [4.78, 5) is 23.1. The largest absolute Gasteiger partial charge is 0.493 e. The van der Waals surface area contributed by atoms with E-state index in [4.69, 9.17) is 29.3 Å². The fourth-order valence-corrected chi connectivity index (χ4v) is 3.74. The molecular formula is C24H32N2O6. The Bertz CT molecular complexity index is 897. The zero-order valence-corrected chi connectivity index (χ0v) is 19.1. The molecule has 1 heterocycles. The maximum atomic E-state index is 9.10. The number of hydrogen-bond acceptors (Lipinski definition) is 6. The van der Waals surface area contributed by atoms with E-state index in [0.717, 1.165) is 50.6 Å². The van der Waals surface area contributed by atoms with Gasteiger partial charge in [0.15, 0.2) is 11.5 Å². The van der Waals surface area contributed by atoms with Crippen LogP contribution in [0.1, 0.15) is 30.5 Å². The number of anilines is 1. The molecule has 3 rings (SSSR count). The topological polar surface area (TPSA) is 99.5 Å². The molecule has 2 aromatic rings. The third kappa shape index (κ3) is 6.62. The minimum atomic E-state index is -1.82. The monoisotopic (exact) mass is 444 g/mol. The van der Waals surface area contributed by atoms with Crippen molar-refractivity contribution in [1.82, 2.24) is 4.90 Å². The molecule has 0 aromatic heterocycles. The van der Waals surface area contributed by atoms with E-state index in [1.807, 2.05) is 0 Å². The lowest BCUT2D eigenvalue weighted by molar-refractivity contribution is -0.159. The number of methoxy groups -OCH3 is 2. The average molecular weight is 445 g/mol. The van der Waals surface area contributed by atoms with Gasteiger partial charge in [0.1, 0.15) is 0 Å². The molecule has 0 amide bonds. The van der Waals surface area contributed by atoms with Crippen molar-refractivity contribution in [3.63, 3.8) is 0 Å². The van der Waals surface area contributed by atoms with Crippen LogP contribution in [-0.4, -0.2) is 60.9 Å². The molecule has 0 radical (unpaired) electrons.